The van der Waals surface area contributed by atoms with Crippen LogP contribution in [0, 0.1) is 0 Å². The number of ether oxygens (including phenoxy) is 3. The van der Waals surface area contributed by atoms with Gasteiger partial charge in [0.25, 0.3) is 0 Å². The maximum absolute atomic E-state index is 13.0. The predicted octanol–water partition coefficient (Wildman–Crippen LogP) is 25.7. The number of hydrogen-bond donors (Lipinski definition) is 0. The van der Waals surface area contributed by atoms with Gasteiger partial charge in [0, 0.05) is 19.3 Å². The van der Waals surface area contributed by atoms with Crippen molar-refractivity contribution in [3.05, 3.63) is 48.6 Å². The van der Waals surface area contributed by atoms with E-state index in [0.29, 0.717) is 19.3 Å². The first-order chi connectivity index (χ1) is 41.0. The molecule has 0 aromatic carbocycles. The highest BCUT2D eigenvalue weighted by Crippen LogP contribution is 2.19. The first-order valence-electron chi connectivity index (χ1n) is 37.1. The van der Waals surface area contributed by atoms with Crippen molar-refractivity contribution in [3.63, 3.8) is 0 Å². The van der Waals surface area contributed by atoms with Crippen LogP contribution in [0.3, 0.4) is 0 Å². The Labute approximate surface area is 518 Å². The molecule has 0 N–H and O–H groups in total. The summed E-state index contributed by atoms with van der Waals surface area (Å²) in [7, 11) is 0. The molecule has 83 heavy (non-hydrogen) atoms. The molecule has 486 valence electrons. The van der Waals surface area contributed by atoms with E-state index in [1.165, 1.54) is 295 Å². The molecule has 0 saturated carbocycles. The lowest BCUT2D eigenvalue weighted by Gasteiger charge is -2.18. The molecule has 0 spiro atoms. The molecule has 1 unspecified atom stereocenters. The topological polar surface area (TPSA) is 78.9 Å². The smallest absolute Gasteiger partial charge is 0.306 e. The van der Waals surface area contributed by atoms with Crippen LogP contribution in [0.1, 0.15) is 406 Å². The Morgan fingerprint density at radius 1 is 0.241 bits per heavy atom. The number of allylic oxidation sites excluding steroid dienone is 8. The molecule has 0 rings (SSSR count). The third-order valence-corrected chi connectivity index (χ3v) is 16.8. The molecule has 6 nitrogen and oxygen atoms in total. The van der Waals surface area contributed by atoms with E-state index in [4.69, 9.17) is 14.2 Å². The lowest BCUT2D eigenvalue weighted by molar-refractivity contribution is -0.167. The van der Waals surface area contributed by atoms with Crippen LogP contribution in [0.4, 0.5) is 0 Å². The van der Waals surface area contributed by atoms with Gasteiger partial charge in [-0.15, -0.1) is 0 Å². The summed E-state index contributed by atoms with van der Waals surface area (Å²) in [6.45, 7) is 6.68. The van der Waals surface area contributed by atoms with Crippen molar-refractivity contribution in [2.75, 3.05) is 13.2 Å². The number of unbranched alkanes of at least 4 members (excludes halogenated alkanes) is 50. The minimum absolute atomic E-state index is 0.0690. The van der Waals surface area contributed by atoms with Crippen LogP contribution in [0.15, 0.2) is 48.6 Å². The molecule has 0 aromatic rings. The number of rotatable bonds is 69. The standard InChI is InChI=1S/C77H142O6/c1-4-7-10-13-16-19-22-25-28-31-33-34-35-36-37-38-39-40-41-42-44-46-49-52-55-58-61-64-67-70-76(79)82-73-74(72-81-75(78)69-66-63-60-57-54-51-48-45-30-27-24-21-18-15-12-9-6-3)83-77(80)71-68-65-62-59-56-53-50-47-43-32-29-26-23-20-17-14-11-8-5-2/h17,20,22,25-26,29,31,33,74H,4-16,18-19,21,23-24,27-28,30,32,34-73H2,1-3H3/b20-17-,25-22-,29-26-,33-31-. The van der Waals surface area contributed by atoms with E-state index in [-0.39, 0.29) is 31.1 Å². The van der Waals surface area contributed by atoms with Gasteiger partial charge in [-0.25, -0.2) is 0 Å². The van der Waals surface area contributed by atoms with Crippen molar-refractivity contribution in [1.82, 2.24) is 0 Å². The maximum atomic E-state index is 13.0. The van der Waals surface area contributed by atoms with Crippen molar-refractivity contribution in [2.45, 2.75) is 412 Å². The average molecular weight is 1160 g/mol. The normalized spacial score (nSPS) is 12.3. The van der Waals surface area contributed by atoms with Crippen LogP contribution in [0.2, 0.25) is 0 Å². The molecule has 0 aliphatic heterocycles. The molecule has 0 aliphatic rings. The van der Waals surface area contributed by atoms with Crippen LogP contribution in [0.25, 0.3) is 0 Å². The Hall–Kier alpha value is -2.63. The summed E-state index contributed by atoms with van der Waals surface area (Å²) in [5, 5.41) is 0. The van der Waals surface area contributed by atoms with Crippen molar-refractivity contribution in [2.24, 2.45) is 0 Å². The fourth-order valence-corrected chi connectivity index (χ4v) is 11.2. The first kappa shape index (κ1) is 80.4. The van der Waals surface area contributed by atoms with Crippen LogP contribution in [-0.2, 0) is 28.6 Å². The molecule has 0 saturated heterocycles. The fourth-order valence-electron chi connectivity index (χ4n) is 11.2. The largest absolute Gasteiger partial charge is 0.462 e. The van der Waals surface area contributed by atoms with Gasteiger partial charge in [-0.1, -0.05) is 352 Å². The summed E-state index contributed by atoms with van der Waals surface area (Å²) in [5.74, 6) is -0.842. The van der Waals surface area contributed by atoms with E-state index >= 15 is 0 Å². The maximum Gasteiger partial charge on any atom is 0.306 e. The zero-order chi connectivity index (χ0) is 59.9. The SMILES string of the molecule is CCCCC/C=C\C/C=C\CCCCCCCCCCCC(=O)OC(COC(=O)CCCCCCCCCCCCCCCCCCC)COC(=O)CCCCCCCCCCCCCCCCCCC/C=C\C/C=C\CCCCCCC. The number of hydrogen-bond acceptors (Lipinski definition) is 6. The van der Waals surface area contributed by atoms with E-state index < -0.39 is 6.10 Å². The summed E-state index contributed by atoms with van der Waals surface area (Å²) < 4.78 is 17.0. The van der Waals surface area contributed by atoms with Gasteiger partial charge >= 0.3 is 17.9 Å². The van der Waals surface area contributed by atoms with E-state index in [0.717, 1.165) is 70.6 Å². The van der Waals surface area contributed by atoms with Crippen molar-refractivity contribution < 1.29 is 28.6 Å². The summed E-state index contributed by atoms with van der Waals surface area (Å²) in [6, 6.07) is 0. The van der Waals surface area contributed by atoms with Gasteiger partial charge in [-0.05, 0) is 83.5 Å². The van der Waals surface area contributed by atoms with E-state index in [9.17, 15) is 14.4 Å². The zero-order valence-electron chi connectivity index (χ0n) is 56.0. The first-order valence-corrected chi connectivity index (χ1v) is 37.1. The molecule has 0 aromatic heterocycles. The summed E-state index contributed by atoms with van der Waals surface area (Å²) in [4.78, 5) is 38.5. The number of carbonyl (C=O) groups excluding carboxylic acids is 3. The molecule has 0 radical (unpaired) electrons. The minimum Gasteiger partial charge on any atom is -0.462 e. The molecule has 1 atom stereocenters. The van der Waals surface area contributed by atoms with Crippen LogP contribution in [-0.4, -0.2) is 37.2 Å². The fraction of sp³-hybridized carbons (Fsp3) is 0.857. The molecular formula is C77H142O6. The monoisotopic (exact) mass is 1160 g/mol. The minimum atomic E-state index is -0.774. The van der Waals surface area contributed by atoms with Gasteiger partial charge in [0.1, 0.15) is 13.2 Å². The van der Waals surface area contributed by atoms with Gasteiger partial charge in [0.2, 0.25) is 0 Å². The number of esters is 3. The molecular weight excluding hydrogens is 1020 g/mol. The summed E-state index contributed by atoms with van der Waals surface area (Å²) in [5.41, 5.74) is 0. The number of carbonyl (C=O) groups is 3. The highest BCUT2D eigenvalue weighted by Gasteiger charge is 2.19. The van der Waals surface area contributed by atoms with Gasteiger partial charge < -0.3 is 14.2 Å². The third-order valence-electron chi connectivity index (χ3n) is 16.8. The molecule has 0 bridgehead atoms. The third kappa shape index (κ3) is 70.0. The van der Waals surface area contributed by atoms with Gasteiger partial charge in [-0.2, -0.15) is 0 Å². The highest BCUT2D eigenvalue weighted by molar-refractivity contribution is 5.71. The molecule has 6 heteroatoms. The zero-order valence-corrected chi connectivity index (χ0v) is 56.0. The quantitative estimate of drug-likeness (QED) is 0.0261. The summed E-state index contributed by atoms with van der Waals surface area (Å²) >= 11 is 0. The van der Waals surface area contributed by atoms with E-state index in [1.54, 1.807) is 0 Å². The summed E-state index contributed by atoms with van der Waals surface area (Å²) in [6.07, 6.45) is 91.4. The Morgan fingerprint density at radius 2 is 0.434 bits per heavy atom. The van der Waals surface area contributed by atoms with Crippen LogP contribution >= 0.6 is 0 Å². The highest BCUT2D eigenvalue weighted by atomic mass is 16.6. The lowest BCUT2D eigenvalue weighted by Crippen LogP contribution is -2.30. The van der Waals surface area contributed by atoms with Gasteiger partial charge in [-0.3, -0.25) is 14.4 Å². The van der Waals surface area contributed by atoms with Crippen molar-refractivity contribution in [3.8, 4) is 0 Å². The molecule has 0 heterocycles. The Balaban J connectivity index is 4.24. The van der Waals surface area contributed by atoms with E-state index in [1.807, 2.05) is 0 Å². The Morgan fingerprint density at radius 3 is 0.687 bits per heavy atom. The molecule has 0 fully saturated rings. The van der Waals surface area contributed by atoms with E-state index in [2.05, 4.69) is 69.4 Å². The van der Waals surface area contributed by atoms with Crippen LogP contribution in [0.5, 0.6) is 0 Å². The predicted molar refractivity (Wildman–Crippen MR) is 362 cm³/mol. The average Bonchev–Trinajstić information content (AvgIpc) is 3.49. The van der Waals surface area contributed by atoms with Gasteiger partial charge in [0.05, 0.1) is 0 Å². The van der Waals surface area contributed by atoms with Crippen LogP contribution < -0.4 is 0 Å². The second-order valence-electron chi connectivity index (χ2n) is 25.2. The molecule has 0 aliphatic carbocycles. The lowest BCUT2D eigenvalue weighted by atomic mass is 10.0. The second kappa shape index (κ2) is 71.8. The van der Waals surface area contributed by atoms with Crippen molar-refractivity contribution in [1.29, 1.82) is 0 Å². The second-order valence-corrected chi connectivity index (χ2v) is 25.2. The Kier molecular flexibility index (Phi) is 69.6. The van der Waals surface area contributed by atoms with Crippen molar-refractivity contribution >= 4 is 17.9 Å². The Bertz CT molecular complexity index is 1430. The molecule has 0 amide bonds. The van der Waals surface area contributed by atoms with Gasteiger partial charge in [0.15, 0.2) is 6.10 Å².